The minimum atomic E-state index is -5.02. The van der Waals surface area contributed by atoms with Crippen LogP contribution in [-0.4, -0.2) is 40.3 Å². The maximum Gasteiger partial charge on any atom is 0.423 e. The van der Waals surface area contributed by atoms with Crippen LogP contribution in [-0.2, 0) is 20.4 Å². The SMILES string of the molecule is O=C(OC[C@H]1O[C@@H](n2cc(C(F)(F)F)c(=O)[nH]c2=O)C[C@@H]1OC(=O)c1ccccc1)c1ccccc1. The summed E-state index contributed by atoms with van der Waals surface area (Å²) in [7, 11) is 0. The smallest absolute Gasteiger partial charge is 0.423 e. The molecule has 0 spiro atoms. The van der Waals surface area contributed by atoms with Crippen molar-refractivity contribution in [3.8, 4) is 0 Å². The molecule has 0 radical (unpaired) electrons. The number of rotatable bonds is 6. The molecule has 1 fully saturated rings. The molecule has 2 aromatic carbocycles. The Morgan fingerprint density at radius 3 is 2.14 bits per heavy atom. The summed E-state index contributed by atoms with van der Waals surface area (Å²) < 4.78 is 56.7. The molecule has 2 heterocycles. The molecule has 1 aliphatic rings. The standard InChI is InChI=1S/C24H19F3N2O7/c25-24(26,27)16-12-29(23(33)28-20(16)30)19-11-17(36-22(32)15-9-5-2-6-10-15)18(35-19)13-34-21(31)14-7-3-1-4-8-14/h1-10,12,17-19H,11,13H2,(H,28,30,33)/t17-,18+,19+/m0/s1. The lowest BCUT2D eigenvalue weighted by molar-refractivity contribution is -0.139. The van der Waals surface area contributed by atoms with Crippen molar-refractivity contribution < 1.29 is 37.0 Å². The van der Waals surface area contributed by atoms with E-state index in [2.05, 4.69) is 0 Å². The van der Waals surface area contributed by atoms with Gasteiger partial charge in [-0.05, 0) is 24.3 Å². The van der Waals surface area contributed by atoms with E-state index in [1.807, 2.05) is 0 Å². The van der Waals surface area contributed by atoms with Gasteiger partial charge < -0.3 is 14.2 Å². The summed E-state index contributed by atoms with van der Waals surface area (Å²) in [5.41, 5.74) is -3.88. The maximum absolute atomic E-state index is 13.2. The number of nitrogens with one attached hydrogen (secondary N) is 1. The van der Waals surface area contributed by atoms with E-state index < -0.39 is 60.0 Å². The molecule has 1 N–H and O–H groups in total. The van der Waals surface area contributed by atoms with Gasteiger partial charge in [0.15, 0.2) is 0 Å². The number of esters is 2. The number of carbonyl (C=O) groups excluding carboxylic acids is 2. The van der Waals surface area contributed by atoms with Crippen molar-refractivity contribution in [2.24, 2.45) is 0 Å². The number of H-pyrrole nitrogens is 1. The van der Waals surface area contributed by atoms with Crippen LogP contribution in [0.5, 0.6) is 0 Å². The zero-order chi connectivity index (χ0) is 25.9. The predicted molar refractivity (Wildman–Crippen MR) is 117 cm³/mol. The molecule has 1 aliphatic heterocycles. The molecule has 188 valence electrons. The zero-order valence-corrected chi connectivity index (χ0v) is 18.4. The molecule has 0 bridgehead atoms. The molecule has 0 unspecified atom stereocenters. The fourth-order valence-electron chi connectivity index (χ4n) is 3.64. The average Bonchev–Trinajstić information content (AvgIpc) is 3.24. The fraction of sp³-hybridized carbons (Fsp3) is 0.250. The van der Waals surface area contributed by atoms with Crippen LogP contribution in [0.15, 0.2) is 76.4 Å². The zero-order valence-electron chi connectivity index (χ0n) is 18.4. The lowest BCUT2D eigenvalue weighted by Crippen LogP contribution is -2.36. The highest BCUT2D eigenvalue weighted by molar-refractivity contribution is 5.90. The van der Waals surface area contributed by atoms with Crippen LogP contribution in [0.25, 0.3) is 0 Å². The third-order valence-corrected chi connectivity index (χ3v) is 5.42. The average molecular weight is 504 g/mol. The van der Waals surface area contributed by atoms with Crippen LogP contribution in [0.2, 0.25) is 0 Å². The van der Waals surface area contributed by atoms with Crippen molar-refractivity contribution in [3.05, 3.63) is 104 Å². The molecule has 4 rings (SSSR count). The second-order valence-corrected chi connectivity index (χ2v) is 7.85. The van der Waals surface area contributed by atoms with Gasteiger partial charge in [0.25, 0.3) is 5.56 Å². The number of nitrogens with zero attached hydrogens (tertiary/aromatic N) is 1. The molecule has 12 heteroatoms. The van der Waals surface area contributed by atoms with Gasteiger partial charge >= 0.3 is 23.8 Å². The highest BCUT2D eigenvalue weighted by Crippen LogP contribution is 2.32. The van der Waals surface area contributed by atoms with Crippen molar-refractivity contribution >= 4 is 11.9 Å². The Hall–Kier alpha value is -4.19. The summed E-state index contributed by atoms with van der Waals surface area (Å²) in [6.45, 7) is -0.415. The number of hydrogen-bond acceptors (Lipinski definition) is 7. The molecule has 1 saturated heterocycles. The number of hydrogen-bond donors (Lipinski definition) is 1. The van der Waals surface area contributed by atoms with Gasteiger partial charge in [0.05, 0.1) is 11.1 Å². The molecule has 3 aromatic rings. The van der Waals surface area contributed by atoms with Crippen LogP contribution in [0.1, 0.15) is 38.9 Å². The van der Waals surface area contributed by atoms with E-state index >= 15 is 0 Å². The Bertz CT molecular complexity index is 1350. The largest absolute Gasteiger partial charge is 0.459 e. The van der Waals surface area contributed by atoms with Gasteiger partial charge in [0.2, 0.25) is 0 Å². The molecule has 0 amide bonds. The highest BCUT2D eigenvalue weighted by atomic mass is 19.4. The fourth-order valence-corrected chi connectivity index (χ4v) is 3.64. The molecular weight excluding hydrogens is 485 g/mol. The number of carbonyl (C=O) groups is 2. The second-order valence-electron chi connectivity index (χ2n) is 7.85. The number of alkyl halides is 3. The number of ether oxygens (including phenoxy) is 3. The molecule has 9 nitrogen and oxygen atoms in total. The second kappa shape index (κ2) is 10.2. The predicted octanol–water partition coefficient (Wildman–Crippen LogP) is 2.93. The van der Waals surface area contributed by atoms with E-state index in [1.54, 1.807) is 41.4 Å². The van der Waals surface area contributed by atoms with Gasteiger partial charge in [-0.2, -0.15) is 13.2 Å². The monoisotopic (exact) mass is 504 g/mol. The Morgan fingerprint density at radius 2 is 1.56 bits per heavy atom. The van der Waals surface area contributed by atoms with Gasteiger partial charge in [-0.15, -0.1) is 0 Å². The molecule has 3 atom stereocenters. The normalized spacial score (nSPS) is 19.6. The summed E-state index contributed by atoms with van der Waals surface area (Å²) in [6.07, 6.45) is -8.45. The Morgan fingerprint density at radius 1 is 0.972 bits per heavy atom. The van der Waals surface area contributed by atoms with Crippen molar-refractivity contribution in [2.45, 2.75) is 31.0 Å². The van der Waals surface area contributed by atoms with Crippen molar-refractivity contribution in [1.29, 1.82) is 0 Å². The first-order chi connectivity index (χ1) is 17.1. The third kappa shape index (κ3) is 5.54. The number of halogens is 3. The lowest BCUT2D eigenvalue weighted by Gasteiger charge is -2.19. The highest BCUT2D eigenvalue weighted by Gasteiger charge is 2.42. The molecule has 0 saturated carbocycles. The minimum Gasteiger partial charge on any atom is -0.459 e. The van der Waals surface area contributed by atoms with Crippen LogP contribution in [0.3, 0.4) is 0 Å². The minimum absolute atomic E-state index is 0.210. The quantitative estimate of drug-likeness (QED) is 0.513. The molecule has 0 aliphatic carbocycles. The van der Waals surface area contributed by atoms with Gasteiger partial charge in [0.1, 0.15) is 30.6 Å². The number of benzene rings is 2. The van der Waals surface area contributed by atoms with Gasteiger partial charge in [0, 0.05) is 12.6 Å². The topological polar surface area (TPSA) is 117 Å². The van der Waals surface area contributed by atoms with Gasteiger partial charge in [-0.3, -0.25) is 14.3 Å². The van der Waals surface area contributed by atoms with E-state index in [9.17, 15) is 32.3 Å². The maximum atomic E-state index is 13.2. The molecular formula is C24H19F3N2O7. The Kier molecular flexibility index (Phi) is 7.06. The van der Waals surface area contributed by atoms with Crippen molar-refractivity contribution in [2.75, 3.05) is 6.61 Å². The first-order valence-corrected chi connectivity index (χ1v) is 10.7. The van der Waals surface area contributed by atoms with Crippen LogP contribution >= 0.6 is 0 Å². The molecule has 1 aromatic heterocycles. The summed E-state index contributed by atoms with van der Waals surface area (Å²) >= 11 is 0. The van der Waals surface area contributed by atoms with Crippen molar-refractivity contribution in [3.63, 3.8) is 0 Å². The lowest BCUT2D eigenvalue weighted by atomic mass is 10.1. The first kappa shape index (κ1) is 24.9. The third-order valence-electron chi connectivity index (χ3n) is 5.42. The Labute approximate surface area is 201 Å². The summed E-state index contributed by atoms with van der Waals surface area (Å²) in [6, 6.07) is 15.9. The van der Waals surface area contributed by atoms with Crippen LogP contribution < -0.4 is 11.2 Å². The van der Waals surface area contributed by atoms with Crippen LogP contribution in [0.4, 0.5) is 13.2 Å². The van der Waals surface area contributed by atoms with E-state index in [-0.39, 0.29) is 17.5 Å². The van der Waals surface area contributed by atoms with Crippen molar-refractivity contribution in [1.82, 2.24) is 9.55 Å². The van der Waals surface area contributed by atoms with Gasteiger partial charge in [-0.25, -0.2) is 14.4 Å². The van der Waals surface area contributed by atoms with E-state index in [1.165, 1.54) is 24.3 Å². The summed E-state index contributed by atoms with van der Waals surface area (Å²) in [4.78, 5) is 50.5. The van der Waals surface area contributed by atoms with Gasteiger partial charge in [-0.1, -0.05) is 36.4 Å². The molecule has 36 heavy (non-hydrogen) atoms. The first-order valence-electron chi connectivity index (χ1n) is 10.7. The van der Waals surface area contributed by atoms with Crippen LogP contribution in [0, 0.1) is 0 Å². The van der Waals surface area contributed by atoms with E-state index in [0.29, 0.717) is 10.8 Å². The van der Waals surface area contributed by atoms with E-state index in [0.717, 1.165) is 0 Å². The summed E-state index contributed by atoms with van der Waals surface area (Å²) in [5, 5.41) is 0. The van der Waals surface area contributed by atoms with E-state index in [4.69, 9.17) is 14.2 Å². The summed E-state index contributed by atoms with van der Waals surface area (Å²) in [5.74, 6) is -1.44. The Balaban J connectivity index is 1.58. The number of aromatic nitrogens is 2. The number of aromatic amines is 1.